The molecule has 0 atom stereocenters. The Morgan fingerprint density at radius 3 is 2.36 bits per heavy atom. The largest absolute Gasteiger partial charge is 0.504 e. The van der Waals surface area contributed by atoms with Crippen LogP contribution in [0.1, 0.15) is 6.42 Å². The van der Waals surface area contributed by atoms with Crippen LogP contribution in [0.2, 0.25) is 0 Å². The number of hydrogen-bond acceptors (Lipinski definition) is 2. The monoisotopic (exact) mass is 168 g/mol. The smallest absolute Gasteiger partial charge is 0.393 e. The fourth-order valence-electron chi connectivity index (χ4n) is 0.494. The molecule has 0 spiro atoms. The molecule has 64 valence electrons. The van der Waals surface area contributed by atoms with Crippen molar-refractivity contribution in [3.63, 3.8) is 0 Å². The molecule has 0 fully saturated rings. The summed E-state index contributed by atoms with van der Waals surface area (Å²) in [5.41, 5.74) is -0.417. The van der Waals surface area contributed by atoms with Gasteiger partial charge in [-0.15, -0.1) is 0 Å². The highest BCUT2D eigenvalue weighted by Gasteiger charge is 2.28. The van der Waals surface area contributed by atoms with E-state index in [1.54, 1.807) is 0 Å². The standard InChI is InChI=1S/C6H7F3O2/c1-11-4-5(3-10)2-6(7,8)9/h3-4H,2H2,1H3/b5-4-. The summed E-state index contributed by atoms with van der Waals surface area (Å²) in [4.78, 5) is 9.92. The zero-order valence-electron chi connectivity index (χ0n) is 5.81. The number of ether oxygens (including phenoxy) is 1. The molecule has 0 unspecified atom stereocenters. The second kappa shape index (κ2) is 4.00. The Bertz CT molecular complexity index is 160. The van der Waals surface area contributed by atoms with Crippen molar-refractivity contribution in [1.82, 2.24) is 0 Å². The number of carbonyl (C=O) groups excluding carboxylic acids is 1. The van der Waals surface area contributed by atoms with E-state index in [1.807, 2.05) is 0 Å². The van der Waals surface area contributed by atoms with Gasteiger partial charge in [-0.3, -0.25) is 4.79 Å². The first-order valence-corrected chi connectivity index (χ1v) is 2.73. The molecule has 0 saturated heterocycles. The van der Waals surface area contributed by atoms with Gasteiger partial charge < -0.3 is 4.74 Å². The molecule has 0 aliphatic rings. The molecule has 0 aromatic carbocycles. The summed E-state index contributed by atoms with van der Waals surface area (Å²) < 4.78 is 38.9. The SMILES string of the molecule is CO/C=C(\C=O)CC(F)(F)F. The Kier molecular flexibility index (Phi) is 3.64. The fraction of sp³-hybridized carbons (Fsp3) is 0.500. The molecule has 5 heteroatoms. The predicted molar refractivity (Wildman–Crippen MR) is 31.8 cm³/mol. The summed E-state index contributed by atoms with van der Waals surface area (Å²) in [6, 6.07) is 0. The lowest BCUT2D eigenvalue weighted by molar-refractivity contribution is -0.130. The molecule has 0 bridgehead atoms. The molecule has 0 aliphatic carbocycles. The maximum atomic E-state index is 11.6. The number of aldehydes is 1. The van der Waals surface area contributed by atoms with E-state index in [0.717, 1.165) is 6.26 Å². The Morgan fingerprint density at radius 1 is 1.55 bits per heavy atom. The topological polar surface area (TPSA) is 26.3 Å². The van der Waals surface area contributed by atoms with E-state index in [4.69, 9.17) is 0 Å². The highest BCUT2D eigenvalue weighted by atomic mass is 19.4. The average Bonchev–Trinajstić information content (AvgIpc) is 1.84. The van der Waals surface area contributed by atoms with Crippen LogP contribution in [0.3, 0.4) is 0 Å². The summed E-state index contributed by atoms with van der Waals surface area (Å²) in [5, 5.41) is 0. The first-order valence-electron chi connectivity index (χ1n) is 2.73. The lowest BCUT2D eigenvalue weighted by atomic mass is 10.2. The van der Waals surface area contributed by atoms with Crippen molar-refractivity contribution in [2.24, 2.45) is 0 Å². The molecule has 0 N–H and O–H groups in total. The number of allylic oxidation sites excluding steroid dienone is 1. The van der Waals surface area contributed by atoms with Crippen LogP contribution < -0.4 is 0 Å². The van der Waals surface area contributed by atoms with Gasteiger partial charge in [0.25, 0.3) is 0 Å². The van der Waals surface area contributed by atoms with Crippen molar-refractivity contribution in [2.45, 2.75) is 12.6 Å². The quantitative estimate of drug-likeness (QED) is 0.364. The summed E-state index contributed by atoms with van der Waals surface area (Å²) in [6.07, 6.45) is -4.70. The van der Waals surface area contributed by atoms with E-state index in [9.17, 15) is 18.0 Å². The second-order valence-corrected chi connectivity index (χ2v) is 1.84. The third-order valence-corrected chi connectivity index (χ3v) is 0.825. The molecule has 0 saturated carbocycles. The average molecular weight is 168 g/mol. The van der Waals surface area contributed by atoms with Crippen LogP contribution in [0.5, 0.6) is 0 Å². The van der Waals surface area contributed by atoms with Crippen molar-refractivity contribution in [3.05, 3.63) is 11.8 Å². The maximum absolute atomic E-state index is 11.6. The van der Waals surface area contributed by atoms with Gasteiger partial charge in [-0.2, -0.15) is 13.2 Å². The van der Waals surface area contributed by atoms with Gasteiger partial charge in [0.1, 0.15) is 6.29 Å². The van der Waals surface area contributed by atoms with Crippen molar-refractivity contribution in [1.29, 1.82) is 0 Å². The minimum absolute atomic E-state index is 0.122. The third kappa shape index (κ3) is 5.44. The minimum atomic E-state index is -4.36. The molecule has 0 aliphatic heterocycles. The lowest BCUT2D eigenvalue weighted by Gasteiger charge is -2.03. The van der Waals surface area contributed by atoms with Gasteiger partial charge in [0.05, 0.1) is 19.8 Å². The van der Waals surface area contributed by atoms with Gasteiger partial charge in [-0.25, -0.2) is 0 Å². The summed E-state index contributed by atoms with van der Waals surface area (Å²) in [5.74, 6) is 0. The molecule has 2 nitrogen and oxygen atoms in total. The molecule has 0 aromatic rings. The number of alkyl halides is 3. The van der Waals surface area contributed by atoms with E-state index in [1.165, 1.54) is 7.11 Å². The molecule has 11 heavy (non-hydrogen) atoms. The fourth-order valence-corrected chi connectivity index (χ4v) is 0.494. The molecule has 0 rings (SSSR count). The van der Waals surface area contributed by atoms with E-state index in [-0.39, 0.29) is 6.29 Å². The van der Waals surface area contributed by atoms with Gasteiger partial charge in [0.15, 0.2) is 0 Å². The molecule has 0 amide bonds. The van der Waals surface area contributed by atoms with Crippen LogP contribution >= 0.6 is 0 Å². The number of halogens is 3. The Balaban J connectivity index is 4.09. The normalized spacial score (nSPS) is 12.9. The Morgan fingerprint density at radius 2 is 2.09 bits per heavy atom. The van der Waals surface area contributed by atoms with E-state index in [0.29, 0.717) is 0 Å². The second-order valence-electron chi connectivity index (χ2n) is 1.84. The molecule has 0 radical (unpaired) electrons. The van der Waals surface area contributed by atoms with Crippen LogP contribution in [0, 0.1) is 0 Å². The molecule has 0 aromatic heterocycles. The summed E-state index contributed by atoms with van der Waals surface area (Å²) >= 11 is 0. The zero-order valence-corrected chi connectivity index (χ0v) is 5.81. The van der Waals surface area contributed by atoms with Gasteiger partial charge in [-0.1, -0.05) is 0 Å². The number of hydrogen-bond donors (Lipinski definition) is 0. The van der Waals surface area contributed by atoms with Crippen molar-refractivity contribution < 1.29 is 22.7 Å². The third-order valence-electron chi connectivity index (χ3n) is 0.825. The van der Waals surface area contributed by atoms with Gasteiger partial charge >= 0.3 is 6.18 Å². The first kappa shape index (κ1) is 10.0. The Labute approximate surface area is 61.6 Å². The van der Waals surface area contributed by atoms with E-state index in [2.05, 4.69) is 4.74 Å². The minimum Gasteiger partial charge on any atom is -0.504 e. The van der Waals surface area contributed by atoms with Gasteiger partial charge in [0, 0.05) is 5.57 Å². The number of carbonyl (C=O) groups is 1. The van der Waals surface area contributed by atoms with Crippen LogP contribution in [-0.4, -0.2) is 19.6 Å². The highest BCUT2D eigenvalue weighted by molar-refractivity contribution is 5.72. The van der Waals surface area contributed by atoms with Gasteiger partial charge in [-0.05, 0) is 0 Å². The van der Waals surface area contributed by atoms with Crippen molar-refractivity contribution in [2.75, 3.05) is 7.11 Å². The summed E-state index contributed by atoms with van der Waals surface area (Å²) in [6.45, 7) is 0. The van der Waals surface area contributed by atoms with Crippen LogP contribution in [0.25, 0.3) is 0 Å². The highest BCUT2D eigenvalue weighted by Crippen LogP contribution is 2.23. The number of rotatable bonds is 3. The predicted octanol–water partition coefficient (Wildman–Crippen LogP) is 1.67. The van der Waals surface area contributed by atoms with E-state index < -0.39 is 18.2 Å². The van der Waals surface area contributed by atoms with Crippen molar-refractivity contribution in [3.8, 4) is 0 Å². The lowest BCUT2D eigenvalue weighted by Crippen LogP contribution is -2.09. The van der Waals surface area contributed by atoms with E-state index >= 15 is 0 Å². The molecule has 0 heterocycles. The Hall–Kier alpha value is -1.00. The van der Waals surface area contributed by atoms with Crippen LogP contribution in [0.15, 0.2) is 11.8 Å². The van der Waals surface area contributed by atoms with Gasteiger partial charge in [0.2, 0.25) is 0 Å². The zero-order chi connectivity index (χ0) is 8.91. The number of methoxy groups -OCH3 is 1. The van der Waals surface area contributed by atoms with Crippen LogP contribution in [0.4, 0.5) is 13.2 Å². The summed E-state index contributed by atoms with van der Waals surface area (Å²) in [7, 11) is 1.18. The molecular weight excluding hydrogens is 161 g/mol. The van der Waals surface area contributed by atoms with Crippen molar-refractivity contribution >= 4 is 6.29 Å². The van der Waals surface area contributed by atoms with Crippen LogP contribution in [-0.2, 0) is 9.53 Å². The first-order chi connectivity index (χ1) is 4.99. The molecular formula is C6H7F3O2. The maximum Gasteiger partial charge on any atom is 0.393 e.